The third-order valence-electron chi connectivity index (χ3n) is 2.15. The van der Waals surface area contributed by atoms with Crippen molar-refractivity contribution < 1.29 is 9.50 Å². The van der Waals surface area contributed by atoms with E-state index in [1.807, 2.05) is 6.92 Å². The van der Waals surface area contributed by atoms with Crippen molar-refractivity contribution >= 4 is 0 Å². The van der Waals surface area contributed by atoms with Crippen LogP contribution in [0.4, 0.5) is 4.39 Å². The van der Waals surface area contributed by atoms with Crippen LogP contribution in [0.5, 0.6) is 5.75 Å². The Morgan fingerprint density at radius 1 is 1.20 bits per heavy atom. The number of nitrogens with zero attached hydrogens (tertiary/aromatic N) is 1. The number of rotatable bonds is 1. The lowest BCUT2D eigenvalue weighted by molar-refractivity contribution is 0.473. The molecule has 3 heteroatoms. The van der Waals surface area contributed by atoms with Crippen LogP contribution < -0.4 is 0 Å². The van der Waals surface area contributed by atoms with Gasteiger partial charge in [-0.1, -0.05) is 11.6 Å². The third kappa shape index (κ3) is 1.96. The largest absolute Gasteiger partial charge is 0.506 e. The van der Waals surface area contributed by atoms with E-state index in [1.165, 1.54) is 18.3 Å². The summed E-state index contributed by atoms with van der Waals surface area (Å²) in [6.45, 7) is 1.89. The second-order valence-electron chi connectivity index (χ2n) is 3.38. The van der Waals surface area contributed by atoms with Crippen molar-refractivity contribution in [3.05, 3.63) is 47.9 Å². The second kappa shape index (κ2) is 3.69. The van der Waals surface area contributed by atoms with Crippen LogP contribution in [0.15, 0.2) is 36.5 Å². The quantitative estimate of drug-likeness (QED) is 0.773. The fourth-order valence-electron chi connectivity index (χ4n) is 1.38. The van der Waals surface area contributed by atoms with Crippen molar-refractivity contribution in [1.82, 2.24) is 4.98 Å². The molecule has 0 fully saturated rings. The number of pyridine rings is 1. The highest BCUT2D eigenvalue weighted by molar-refractivity contribution is 5.61. The summed E-state index contributed by atoms with van der Waals surface area (Å²) in [7, 11) is 0. The highest BCUT2D eigenvalue weighted by Crippen LogP contribution is 2.23. The summed E-state index contributed by atoms with van der Waals surface area (Å²) in [4.78, 5) is 3.96. The van der Waals surface area contributed by atoms with Gasteiger partial charge in [0.05, 0.1) is 11.9 Å². The molecule has 2 rings (SSSR count). The average Bonchev–Trinajstić information content (AvgIpc) is 2.23. The van der Waals surface area contributed by atoms with E-state index >= 15 is 0 Å². The van der Waals surface area contributed by atoms with Crippen molar-refractivity contribution in [2.45, 2.75) is 6.92 Å². The van der Waals surface area contributed by atoms with Gasteiger partial charge in [-0.15, -0.1) is 0 Å². The lowest BCUT2D eigenvalue weighted by atomic mass is 10.1. The van der Waals surface area contributed by atoms with Crippen LogP contribution in [0.2, 0.25) is 0 Å². The summed E-state index contributed by atoms with van der Waals surface area (Å²) in [5, 5.41) is 9.07. The monoisotopic (exact) mass is 203 g/mol. The zero-order chi connectivity index (χ0) is 10.8. The van der Waals surface area contributed by atoms with Gasteiger partial charge in [-0.05, 0) is 31.2 Å². The van der Waals surface area contributed by atoms with Crippen molar-refractivity contribution in [1.29, 1.82) is 0 Å². The summed E-state index contributed by atoms with van der Waals surface area (Å²) < 4.78 is 13.5. The van der Waals surface area contributed by atoms with Crippen LogP contribution in [0.3, 0.4) is 0 Å². The lowest BCUT2D eigenvalue weighted by Gasteiger charge is -2.03. The number of aromatic hydroxyl groups is 1. The minimum atomic E-state index is -0.307. The molecule has 0 spiro atoms. The van der Waals surface area contributed by atoms with E-state index in [9.17, 15) is 4.39 Å². The fraction of sp³-hybridized carbons (Fsp3) is 0.0833. The first-order valence-electron chi connectivity index (χ1n) is 4.58. The Labute approximate surface area is 87.0 Å². The third-order valence-corrected chi connectivity index (χ3v) is 2.15. The summed E-state index contributed by atoms with van der Waals surface area (Å²) in [5.41, 5.74) is 1.95. The minimum Gasteiger partial charge on any atom is -0.506 e. The Kier molecular flexibility index (Phi) is 2.37. The molecule has 0 radical (unpaired) electrons. The van der Waals surface area contributed by atoms with Crippen LogP contribution in [-0.2, 0) is 0 Å². The molecule has 0 unspecified atom stereocenters. The molecule has 0 amide bonds. The van der Waals surface area contributed by atoms with E-state index in [-0.39, 0.29) is 11.6 Å². The highest BCUT2D eigenvalue weighted by atomic mass is 19.1. The van der Waals surface area contributed by atoms with E-state index in [0.29, 0.717) is 11.3 Å². The van der Waals surface area contributed by atoms with E-state index in [2.05, 4.69) is 4.98 Å². The SMILES string of the molecule is Cc1ccc(F)c(-c2ccc(O)cn2)c1. The molecule has 0 bridgehead atoms. The molecule has 15 heavy (non-hydrogen) atoms. The molecule has 2 nitrogen and oxygen atoms in total. The van der Waals surface area contributed by atoms with Gasteiger partial charge < -0.3 is 5.11 Å². The maximum absolute atomic E-state index is 13.5. The summed E-state index contributed by atoms with van der Waals surface area (Å²) in [5.74, 6) is -0.231. The number of hydrogen-bond donors (Lipinski definition) is 1. The van der Waals surface area contributed by atoms with E-state index in [0.717, 1.165) is 5.56 Å². The van der Waals surface area contributed by atoms with Crippen LogP contribution >= 0.6 is 0 Å². The van der Waals surface area contributed by atoms with Crippen LogP contribution in [0.1, 0.15) is 5.56 Å². The van der Waals surface area contributed by atoms with Crippen molar-refractivity contribution in [2.75, 3.05) is 0 Å². The molecule has 0 saturated carbocycles. The summed E-state index contributed by atoms with van der Waals surface area (Å²) in [6, 6.07) is 7.93. The fourth-order valence-corrected chi connectivity index (χ4v) is 1.38. The summed E-state index contributed by atoms with van der Waals surface area (Å²) in [6.07, 6.45) is 1.30. The molecule has 1 aromatic heterocycles. The molecule has 1 aromatic carbocycles. The number of halogens is 1. The molecule has 0 saturated heterocycles. The van der Waals surface area contributed by atoms with Gasteiger partial charge in [0.15, 0.2) is 0 Å². The molecule has 1 heterocycles. The van der Waals surface area contributed by atoms with Gasteiger partial charge in [0.2, 0.25) is 0 Å². The zero-order valence-electron chi connectivity index (χ0n) is 8.24. The van der Waals surface area contributed by atoms with Crippen LogP contribution in [0, 0.1) is 12.7 Å². The van der Waals surface area contributed by atoms with Gasteiger partial charge in [-0.25, -0.2) is 4.39 Å². The predicted molar refractivity (Wildman–Crippen MR) is 56.0 cm³/mol. The molecular weight excluding hydrogens is 193 g/mol. The van der Waals surface area contributed by atoms with Gasteiger partial charge in [0, 0.05) is 5.56 Å². The maximum atomic E-state index is 13.5. The molecule has 76 valence electrons. The lowest BCUT2D eigenvalue weighted by Crippen LogP contribution is -1.88. The molecule has 2 aromatic rings. The van der Waals surface area contributed by atoms with Gasteiger partial charge in [-0.3, -0.25) is 4.98 Å². The van der Waals surface area contributed by atoms with Gasteiger partial charge in [-0.2, -0.15) is 0 Å². The molecule has 0 aliphatic rings. The second-order valence-corrected chi connectivity index (χ2v) is 3.38. The first-order valence-corrected chi connectivity index (χ1v) is 4.58. The smallest absolute Gasteiger partial charge is 0.133 e. The first kappa shape index (κ1) is 9.65. The van der Waals surface area contributed by atoms with E-state index < -0.39 is 0 Å². The average molecular weight is 203 g/mol. The normalized spacial score (nSPS) is 10.3. The standard InChI is InChI=1S/C12H10FNO/c1-8-2-4-11(13)10(6-8)12-5-3-9(15)7-14-12/h2-7,15H,1H3. The number of aromatic nitrogens is 1. The van der Waals surface area contributed by atoms with Crippen molar-refractivity contribution in [3.8, 4) is 17.0 Å². The number of hydrogen-bond acceptors (Lipinski definition) is 2. The molecule has 0 aliphatic heterocycles. The Morgan fingerprint density at radius 3 is 2.67 bits per heavy atom. The van der Waals surface area contributed by atoms with Crippen molar-refractivity contribution in [2.24, 2.45) is 0 Å². The van der Waals surface area contributed by atoms with Gasteiger partial charge >= 0.3 is 0 Å². The summed E-state index contributed by atoms with van der Waals surface area (Å²) >= 11 is 0. The number of benzene rings is 1. The molecular formula is C12H10FNO. The van der Waals surface area contributed by atoms with Gasteiger partial charge in [0.25, 0.3) is 0 Å². The Morgan fingerprint density at radius 2 is 2.00 bits per heavy atom. The first-order chi connectivity index (χ1) is 7.16. The number of aryl methyl sites for hydroxylation is 1. The molecule has 0 atom stereocenters. The molecule has 1 N–H and O–H groups in total. The topological polar surface area (TPSA) is 33.1 Å². The highest BCUT2D eigenvalue weighted by Gasteiger charge is 2.06. The zero-order valence-corrected chi connectivity index (χ0v) is 8.24. The Bertz CT molecular complexity index is 479. The minimum absolute atomic E-state index is 0.0758. The maximum Gasteiger partial charge on any atom is 0.133 e. The molecule has 0 aliphatic carbocycles. The van der Waals surface area contributed by atoms with E-state index in [4.69, 9.17) is 5.11 Å². The van der Waals surface area contributed by atoms with E-state index in [1.54, 1.807) is 18.2 Å². The van der Waals surface area contributed by atoms with Crippen molar-refractivity contribution in [3.63, 3.8) is 0 Å². The van der Waals surface area contributed by atoms with Crippen LogP contribution in [0.25, 0.3) is 11.3 Å². The van der Waals surface area contributed by atoms with Crippen LogP contribution in [-0.4, -0.2) is 10.1 Å². The van der Waals surface area contributed by atoms with Gasteiger partial charge in [0.1, 0.15) is 11.6 Å². The Balaban J connectivity index is 2.53. The Hall–Kier alpha value is -1.90. The predicted octanol–water partition coefficient (Wildman–Crippen LogP) is 2.90.